The maximum Gasteiger partial charge on any atom is 0.0938 e. The summed E-state index contributed by atoms with van der Waals surface area (Å²) in [6.07, 6.45) is 1.34. The topological polar surface area (TPSA) is 55.5 Å². The highest BCUT2D eigenvalue weighted by Crippen LogP contribution is 1.93. The predicted octanol–water partition coefficient (Wildman–Crippen LogP) is 0.0377. The van der Waals surface area contributed by atoms with Crippen LogP contribution >= 0.6 is 0 Å². The largest absolute Gasteiger partial charge is 0.391 e. The fourth-order valence-corrected chi connectivity index (χ4v) is 0.528. The van der Waals surface area contributed by atoms with Crippen molar-refractivity contribution >= 4 is 0 Å². The Morgan fingerprint density at radius 1 is 1.75 bits per heavy atom. The molecule has 0 aliphatic heterocycles. The normalized spacial score (nSPS) is 13.9. The van der Waals surface area contributed by atoms with Crippen LogP contribution in [0.25, 0.3) is 0 Å². The fraction of sp³-hybridized carbons (Fsp3) is 1.00. The van der Waals surface area contributed by atoms with Crippen LogP contribution < -0.4 is 5.90 Å². The Balaban J connectivity index is 2.92. The summed E-state index contributed by atoms with van der Waals surface area (Å²) in [5.41, 5.74) is 0. The molecule has 0 aromatic carbocycles. The third-order valence-corrected chi connectivity index (χ3v) is 0.911. The zero-order valence-corrected chi connectivity index (χ0v) is 5.13. The average molecular weight is 119 g/mol. The summed E-state index contributed by atoms with van der Waals surface area (Å²) >= 11 is 0. The molecule has 0 aliphatic rings. The molecule has 0 aromatic heterocycles. The summed E-state index contributed by atoms with van der Waals surface area (Å²) in [7, 11) is 0. The quantitative estimate of drug-likeness (QED) is 0.514. The molecule has 0 rings (SSSR count). The summed E-state index contributed by atoms with van der Waals surface area (Å²) in [5.74, 6) is 4.70. The zero-order chi connectivity index (χ0) is 6.41. The van der Waals surface area contributed by atoms with E-state index >= 15 is 0 Å². The maximum atomic E-state index is 8.84. The Labute approximate surface area is 49.4 Å². The van der Waals surface area contributed by atoms with Gasteiger partial charge in [-0.2, -0.15) is 0 Å². The summed E-state index contributed by atoms with van der Waals surface area (Å²) in [4.78, 5) is 4.21. The van der Waals surface area contributed by atoms with Gasteiger partial charge in [-0.3, -0.25) is 0 Å². The van der Waals surface area contributed by atoms with Gasteiger partial charge in [0.15, 0.2) is 0 Å². The van der Waals surface area contributed by atoms with E-state index in [9.17, 15) is 0 Å². The van der Waals surface area contributed by atoms with E-state index in [-0.39, 0.29) is 12.7 Å². The van der Waals surface area contributed by atoms with Crippen molar-refractivity contribution in [3.63, 3.8) is 0 Å². The van der Waals surface area contributed by atoms with Crippen LogP contribution in [0.1, 0.15) is 19.8 Å². The first-order chi connectivity index (χ1) is 3.81. The molecule has 8 heavy (non-hydrogen) atoms. The van der Waals surface area contributed by atoms with Crippen LogP contribution in [0.15, 0.2) is 0 Å². The summed E-state index contributed by atoms with van der Waals surface area (Å²) in [5, 5.41) is 8.84. The molecule has 3 nitrogen and oxygen atoms in total. The van der Waals surface area contributed by atoms with Crippen LogP contribution in [0.5, 0.6) is 0 Å². The van der Waals surface area contributed by atoms with E-state index in [0.29, 0.717) is 0 Å². The van der Waals surface area contributed by atoms with Gasteiger partial charge in [-0.15, -0.1) is 0 Å². The standard InChI is InChI=1S/C5H13NO2/c1-2-3-5(7)4-8-6/h5,7H,2-4,6H2,1H3. The van der Waals surface area contributed by atoms with Gasteiger partial charge < -0.3 is 9.94 Å². The second-order valence-electron chi connectivity index (χ2n) is 1.78. The Morgan fingerprint density at radius 3 is 2.75 bits per heavy atom. The Morgan fingerprint density at radius 2 is 2.38 bits per heavy atom. The van der Waals surface area contributed by atoms with Crippen molar-refractivity contribution in [2.24, 2.45) is 5.90 Å². The molecule has 1 unspecified atom stereocenters. The second-order valence-corrected chi connectivity index (χ2v) is 1.78. The molecule has 0 heterocycles. The molecule has 0 bridgehead atoms. The lowest BCUT2D eigenvalue weighted by Crippen LogP contribution is -2.17. The van der Waals surface area contributed by atoms with Crippen molar-refractivity contribution in [1.82, 2.24) is 0 Å². The van der Waals surface area contributed by atoms with Gasteiger partial charge >= 0.3 is 0 Å². The average Bonchev–Trinajstić information content (AvgIpc) is 1.68. The summed E-state index contributed by atoms with van der Waals surface area (Å²) in [6.45, 7) is 2.24. The van der Waals surface area contributed by atoms with Crippen LogP contribution in [0.2, 0.25) is 0 Å². The first kappa shape index (κ1) is 7.88. The van der Waals surface area contributed by atoms with Crippen molar-refractivity contribution < 1.29 is 9.94 Å². The molecule has 0 aromatic rings. The fourth-order valence-electron chi connectivity index (χ4n) is 0.528. The van der Waals surface area contributed by atoms with Gasteiger partial charge in [0, 0.05) is 0 Å². The Hall–Kier alpha value is -0.120. The molecular weight excluding hydrogens is 106 g/mol. The lowest BCUT2D eigenvalue weighted by atomic mass is 10.2. The number of hydrogen-bond donors (Lipinski definition) is 2. The van der Waals surface area contributed by atoms with Crippen LogP contribution in [-0.2, 0) is 4.84 Å². The van der Waals surface area contributed by atoms with E-state index in [1.54, 1.807) is 0 Å². The van der Waals surface area contributed by atoms with Crippen LogP contribution in [0, 0.1) is 0 Å². The van der Waals surface area contributed by atoms with Crippen LogP contribution in [0.4, 0.5) is 0 Å². The zero-order valence-electron chi connectivity index (χ0n) is 5.13. The van der Waals surface area contributed by atoms with Crippen molar-refractivity contribution in [2.45, 2.75) is 25.9 Å². The second kappa shape index (κ2) is 5.03. The minimum absolute atomic E-state index is 0.244. The third-order valence-electron chi connectivity index (χ3n) is 0.911. The van der Waals surface area contributed by atoms with Gasteiger partial charge in [-0.05, 0) is 6.42 Å². The van der Waals surface area contributed by atoms with E-state index in [1.807, 2.05) is 6.92 Å². The number of rotatable bonds is 4. The SMILES string of the molecule is CCCC(O)CON. The number of aliphatic hydroxyl groups is 1. The van der Waals surface area contributed by atoms with Gasteiger partial charge in [-0.1, -0.05) is 13.3 Å². The monoisotopic (exact) mass is 119 g/mol. The van der Waals surface area contributed by atoms with Gasteiger partial charge in [0.2, 0.25) is 0 Å². The Bertz CT molecular complexity index is 43.7. The smallest absolute Gasteiger partial charge is 0.0938 e. The highest BCUT2D eigenvalue weighted by atomic mass is 16.6. The molecule has 1 atom stereocenters. The molecule has 3 N–H and O–H groups in total. The predicted molar refractivity (Wildman–Crippen MR) is 31.1 cm³/mol. The van der Waals surface area contributed by atoms with Crippen molar-refractivity contribution in [1.29, 1.82) is 0 Å². The number of hydrogen-bond acceptors (Lipinski definition) is 3. The van der Waals surface area contributed by atoms with Crippen LogP contribution in [-0.4, -0.2) is 17.8 Å². The minimum atomic E-state index is -0.384. The molecular formula is C5H13NO2. The van der Waals surface area contributed by atoms with Gasteiger partial charge in [-0.25, -0.2) is 5.90 Å². The van der Waals surface area contributed by atoms with Crippen molar-refractivity contribution in [3.05, 3.63) is 0 Å². The molecule has 0 amide bonds. The first-order valence-electron chi connectivity index (χ1n) is 2.81. The van der Waals surface area contributed by atoms with Gasteiger partial charge in [0.25, 0.3) is 0 Å². The molecule has 3 heteroatoms. The number of nitrogens with two attached hydrogens (primary N) is 1. The lowest BCUT2D eigenvalue weighted by molar-refractivity contribution is 0.0320. The molecule has 0 radical (unpaired) electrons. The van der Waals surface area contributed by atoms with E-state index < -0.39 is 0 Å². The molecule has 0 spiro atoms. The van der Waals surface area contributed by atoms with E-state index in [4.69, 9.17) is 11.0 Å². The number of aliphatic hydroxyl groups excluding tert-OH is 1. The van der Waals surface area contributed by atoms with E-state index in [0.717, 1.165) is 12.8 Å². The first-order valence-corrected chi connectivity index (χ1v) is 2.81. The van der Waals surface area contributed by atoms with E-state index in [1.165, 1.54) is 0 Å². The molecule has 0 fully saturated rings. The summed E-state index contributed by atoms with van der Waals surface area (Å²) < 4.78 is 0. The van der Waals surface area contributed by atoms with E-state index in [2.05, 4.69) is 4.84 Å². The van der Waals surface area contributed by atoms with Crippen molar-refractivity contribution in [3.8, 4) is 0 Å². The summed E-state index contributed by atoms with van der Waals surface area (Å²) in [6, 6.07) is 0. The van der Waals surface area contributed by atoms with Crippen molar-refractivity contribution in [2.75, 3.05) is 6.61 Å². The molecule has 0 aliphatic carbocycles. The highest BCUT2D eigenvalue weighted by molar-refractivity contribution is 4.49. The van der Waals surface area contributed by atoms with Gasteiger partial charge in [0.1, 0.15) is 0 Å². The maximum absolute atomic E-state index is 8.84. The minimum Gasteiger partial charge on any atom is -0.391 e. The molecule has 0 saturated carbocycles. The van der Waals surface area contributed by atoms with Gasteiger partial charge in [0.05, 0.1) is 12.7 Å². The lowest BCUT2D eigenvalue weighted by Gasteiger charge is -2.04. The van der Waals surface area contributed by atoms with Crippen LogP contribution in [0.3, 0.4) is 0 Å². The molecule has 0 saturated heterocycles. The Kier molecular flexibility index (Phi) is 4.95. The third kappa shape index (κ3) is 4.05. The molecule has 50 valence electrons. The highest BCUT2D eigenvalue weighted by Gasteiger charge is 1.99.